The lowest BCUT2D eigenvalue weighted by Gasteiger charge is -2.23. The van der Waals surface area contributed by atoms with E-state index in [0.29, 0.717) is 24.0 Å². The van der Waals surface area contributed by atoms with Crippen molar-refractivity contribution in [3.05, 3.63) is 99.4 Å². The molecule has 0 saturated carbocycles. The Balaban J connectivity index is 2.27. The summed E-state index contributed by atoms with van der Waals surface area (Å²) in [6.45, 7) is 16.7. The van der Waals surface area contributed by atoms with E-state index in [9.17, 15) is 9.59 Å². The quantitative estimate of drug-likeness (QED) is 0.140. The van der Waals surface area contributed by atoms with Crippen molar-refractivity contribution in [3.8, 4) is 0 Å². The Morgan fingerprint density at radius 2 is 1.35 bits per heavy atom. The second-order valence-electron chi connectivity index (χ2n) is 12.2. The van der Waals surface area contributed by atoms with Crippen molar-refractivity contribution in [2.75, 3.05) is 18.0 Å². The van der Waals surface area contributed by atoms with Gasteiger partial charge in [-0.05, 0) is 117 Å². The Kier molecular flexibility index (Phi) is 15.0. The topological polar surface area (TPSA) is 62.5 Å². The van der Waals surface area contributed by atoms with Gasteiger partial charge in [0.2, 0.25) is 0 Å². The van der Waals surface area contributed by atoms with E-state index in [1.807, 2.05) is 25.2 Å². The third-order valence-corrected chi connectivity index (χ3v) is 7.86. The van der Waals surface area contributed by atoms with Gasteiger partial charge in [0.15, 0.2) is 5.78 Å². The summed E-state index contributed by atoms with van der Waals surface area (Å²) in [5.74, 6) is -0.779. The van der Waals surface area contributed by atoms with E-state index >= 15 is 0 Å². The van der Waals surface area contributed by atoms with E-state index in [1.54, 1.807) is 0 Å². The molecular formula is C38H54N2O3. The SMILES string of the molecule is CCc1c(C(=O)c2ccc(N(C/C=C(\C)CCC=C(C)C)C/C=C(\C)CCC=C(C)C)cc2)cc(CCCC(=O)O)n1C. The van der Waals surface area contributed by atoms with Crippen molar-refractivity contribution in [2.45, 2.75) is 99.8 Å². The summed E-state index contributed by atoms with van der Waals surface area (Å²) < 4.78 is 2.06. The average molecular weight is 587 g/mol. The molecule has 0 radical (unpaired) electrons. The van der Waals surface area contributed by atoms with E-state index in [-0.39, 0.29) is 12.2 Å². The molecule has 0 aliphatic rings. The second-order valence-corrected chi connectivity index (χ2v) is 12.2. The molecule has 1 heterocycles. The average Bonchev–Trinajstić information content (AvgIpc) is 3.27. The third kappa shape index (κ3) is 12.3. The summed E-state index contributed by atoms with van der Waals surface area (Å²) in [4.78, 5) is 27.0. The lowest BCUT2D eigenvalue weighted by atomic mass is 10.0. The fraction of sp³-hybridized carbons (Fsp3) is 0.474. The number of carbonyl (C=O) groups excluding carboxylic acids is 1. The van der Waals surface area contributed by atoms with Crippen molar-refractivity contribution in [2.24, 2.45) is 7.05 Å². The van der Waals surface area contributed by atoms with Crippen LogP contribution in [-0.4, -0.2) is 34.5 Å². The number of aromatic nitrogens is 1. The van der Waals surface area contributed by atoms with Crippen molar-refractivity contribution in [1.29, 1.82) is 0 Å². The number of ketones is 1. The minimum atomic E-state index is -0.792. The highest BCUT2D eigenvalue weighted by Crippen LogP contribution is 2.24. The molecule has 234 valence electrons. The number of rotatable bonds is 18. The predicted molar refractivity (Wildman–Crippen MR) is 182 cm³/mol. The Labute approximate surface area is 260 Å². The van der Waals surface area contributed by atoms with Gasteiger partial charge in [0.05, 0.1) is 0 Å². The fourth-order valence-corrected chi connectivity index (χ4v) is 5.16. The highest BCUT2D eigenvalue weighted by Gasteiger charge is 2.19. The lowest BCUT2D eigenvalue weighted by molar-refractivity contribution is -0.137. The highest BCUT2D eigenvalue weighted by molar-refractivity contribution is 6.10. The van der Waals surface area contributed by atoms with Crippen molar-refractivity contribution >= 4 is 17.4 Å². The molecule has 0 atom stereocenters. The van der Waals surface area contributed by atoms with Crippen LogP contribution in [0.1, 0.15) is 114 Å². The van der Waals surface area contributed by atoms with Gasteiger partial charge in [0.25, 0.3) is 0 Å². The molecule has 1 aromatic carbocycles. The molecule has 0 spiro atoms. The zero-order valence-corrected chi connectivity index (χ0v) is 27.9. The predicted octanol–water partition coefficient (Wildman–Crippen LogP) is 9.42. The standard InChI is InChI=1S/C38H54N2O3/c1-9-36-35(27-34(39(36)8)17-12-18-37(41)42)38(43)32-19-21-33(22-20-32)40(25-23-30(6)15-10-13-28(2)3)26-24-31(7)16-11-14-29(4)5/h13-14,19-24,27H,9-12,15-18,25-26H2,1-8H3,(H,41,42)/b30-23+,31-24+. The van der Waals surface area contributed by atoms with Crippen LogP contribution in [0.3, 0.4) is 0 Å². The molecule has 2 aromatic rings. The van der Waals surface area contributed by atoms with Crippen LogP contribution >= 0.6 is 0 Å². The normalized spacial score (nSPS) is 11.8. The zero-order valence-electron chi connectivity index (χ0n) is 27.9. The molecule has 0 fully saturated rings. The summed E-state index contributed by atoms with van der Waals surface area (Å²) in [7, 11) is 1.97. The molecule has 1 aromatic heterocycles. The van der Waals surface area contributed by atoms with Crippen LogP contribution in [-0.2, 0) is 24.7 Å². The van der Waals surface area contributed by atoms with Crippen LogP contribution in [0.15, 0.2) is 76.9 Å². The number of carboxylic acid groups (broad SMARTS) is 1. The van der Waals surface area contributed by atoms with Crippen LogP contribution in [0.4, 0.5) is 5.69 Å². The minimum absolute atomic E-state index is 0.0139. The largest absolute Gasteiger partial charge is 0.481 e. The lowest BCUT2D eigenvalue weighted by Crippen LogP contribution is -2.24. The number of carboxylic acids is 1. The number of nitrogens with zero attached hydrogens (tertiary/aromatic N) is 2. The molecule has 2 rings (SSSR count). The van der Waals surface area contributed by atoms with E-state index in [1.165, 1.54) is 22.3 Å². The molecule has 0 bridgehead atoms. The van der Waals surface area contributed by atoms with Crippen molar-refractivity contribution < 1.29 is 14.7 Å². The van der Waals surface area contributed by atoms with Gasteiger partial charge >= 0.3 is 5.97 Å². The summed E-state index contributed by atoms with van der Waals surface area (Å²) in [6, 6.07) is 9.97. The summed E-state index contributed by atoms with van der Waals surface area (Å²) in [5, 5.41) is 9.02. The van der Waals surface area contributed by atoms with Gasteiger partial charge in [0.1, 0.15) is 0 Å². The molecule has 0 aliphatic carbocycles. The van der Waals surface area contributed by atoms with Gasteiger partial charge in [-0.3, -0.25) is 9.59 Å². The molecule has 43 heavy (non-hydrogen) atoms. The van der Waals surface area contributed by atoms with E-state index in [4.69, 9.17) is 5.11 Å². The molecule has 5 nitrogen and oxygen atoms in total. The second kappa shape index (κ2) is 18.1. The Hall–Kier alpha value is -3.60. The molecule has 0 amide bonds. The van der Waals surface area contributed by atoms with Crippen LogP contribution in [0.25, 0.3) is 0 Å². The Morgan fingerprint density at radius 1 is 0.814 bits per heavy atom. The maximum Gasteiger partial charge on any atom is 0.303 e. The fourth-order valence-electron chi connectivity index (χ4n) is 5.16. The Bertz CT molecular complexity index is 1290. The van der Waals surface area contributed by atoms with Gasteiger partial charge in [-0.15, -0.1) is 0 Å². The molecule has 0 aliphatic heterocycles. The number of allylic oxidation sites excluding steroid dienone is 6. The number of aliphatic carboxylic acids is 1. The smallest absolute Gasteiger partial charge is 0.303 e. The zero-order chi connectivity index (χ0) is 31.9. The monoisotopic (exact) mass is 586 g/mol. The van der Waals surface area contributed by atoms with Gasteiger partial charge in [0, 0.05) is 54.8 Å². The molecular weight excluding hydrogens is 532 g/mol. The molecule has 0 saturated heterocycles. The van der Waals surface area contributed by atoms with Gasteiger partial charge in [-0.2, -0.15) is 0 Å². The van der Waals surface area contributed by atoms with Crippen LogP contribution in [0, 0.1) is 0 Å². The Morgan fingerprint density at radius 3 is 1.81 bits per heavy atom. The number of anilines is 1. The maximum atomic E-state index is 13.6. The van der Waals surface area contributed by atoms with Gasteiger partial charge < -0.3 is 14.6 Å². The molecule has 5 heteroatoms. The number of hydrogen-bond donors (Lipinski definition) is 1. The maximum absolute atomic E-state index is 13.6. The summed E-state index contributed by atoms with van der Waals surface area (Å²) in [6.07, 6.45) is 15.5. The minimum Gasteiger partial charge on any atom is -0.481 e. The first-order valence-electron chi connectivity index (χ1n) is 15.8. The third-order valence-electron chi connectivity index (χ3n) is 7.86. The van der Waals surface area contributed by atoms with Crippen LogP contribution in [0.5, 0.6) is 0 Å². The van der Waals surface area contributed by atoms with E-state index in [2.05, 4.69) is 94.4 Å². The summed E-state index contributed by atoms with van der Waals surface area (Å²) in [5.41, 5.74) is 9.95. The first-order valence-corrected chi connectivity index (χ1v) is 15.8. The van der Waals surface area contributed by atoms with E-state index < -0.39 is 5.97 Å². The van der Waals surface area contributed by atoms with Gasteiger partial charge in [-0.25, -0.2) is 0 Å². The van der Waals surface area contributed by atoms with Gasteiger partial charge in [-0.1, -0.05) is 53.5 Å². The molecule has 0 unspecified atom stereocenters. The number of aryl methyl sites for hydroxylation is 1. The van der Waals surface area contributed by atoms with Crippen LogP contribution in [0.2, 0.25) is 0 Å². The first kappa shape index (κ1) is 35.6. The van der Waals surface area contributed by atoms with E-state index in [0.717, 1.165) is 62.3 Å². The number of hydrogen-bond acceptors (Lipinski definition) is 3. The van der Waals surface area contributed by atoms with Crippen LogP contribution < -0.4 is 4.90 Å². The van der Waals surface area contributed by atoms with Crippen molar-refractivity contribution in [1.82, 2.24) is 4.57 Å². The molecule has 1 N–H and O–H groups in total. The number of benzene rings is 1. The summed E-state index contributed by atoms with van der Waals surface area (Å²) >= 11 is 0. The first-order chi connectivity index (χ1) is 20.4. The van der Waals surface area contributed by atoms with Crippen molar-refractivity contribution in [3.63, 3.8) is 0 Å². The number of carbonyl (C=O) groups is 2. The highest BCUT2D eigenvalue weighted by atomic mass is 16.4.